The van der Waals surface area contributed by atoms with Crippen molar-refractivity contribution < 1.29 is 5.11 Å². The largest absolute Gasteiger partial charge is 0.506 e. The summed E-state index contributed by atoms with van der Waals surface area (Å²) in [4.78, 5) is 13.6. The summed E-state index contributed by atoms with van der Waals surface area (Å²) in [6.07, 6.45) is 2.07. The van der Waals surface area contributed by atoms with Crippen molar-refractivity contribution in [2.45, 2.75) is 13.5 Å². The van der Waals surface area contributed by atoms with Gasteiger partial charge in [-0.15, -0.1) is 0 Å². The van der Waals surface area contributed by atoms with Gasteiger partial charge in [0.25, 0.3) is 0 Å². The standard InChI is InChI=1S/C21H26N6O/c1-16-6-5-9-20-24-17(15-27(16)20)14-23-21(22-2)26-12-10-25(11-13-26)18-7-3-4-8-19(18)28/h3-9,15,28H,10-14H2,1-2H3,(H,22,23). The van der Waals surface area contributed by atoms with E-state index in [0.717, 1.165) is 49.2 Å². The Kier molecular flexibility index (Phi) is 5.06. The minimum absolute atomic E-state index is 0.334. The summed E-state index contributed by atoms with van der Waals surface area (Å²) < 4.78 is 2.10. The highest BCUT2D eigenvalue weighted by molar-refractivity contribution is 5.80. The third-order valence-electron chi connectivity index (χ3n) is 5.19. The van der Waals surface area contributed by atoms with Crippen molar-refractivity contribution in [3.8, 4) is 5.75 Å². The topological polar surface area (TPSA) is 68.4 Å². The number of benzene rings is 1. The van der Waals surface area contributed by atoms with E-state index in [9.17, 15) is 5.11 Å². The molecule has 146 valence electrons. The summed E-state index contributed by atoms with van der Waals surface area (Å²) >= 11 is 0. The van der Waals surface area contributed by atoms with Crippen molar-refractivity contribution in [3.63, 3.8) is 0 Å². The number of hydrogen-bond acceptors (Lipinski definition) is 4. The predicted molar refractivity (Wildman–Crippen MR) is 112 cm³/mol. The summed E-state index contributed by atoms with van der Waals surface area (Å²) in [5.41, 5.74) is 4.01. The Morgan fingerprint density at radius 2 is 1.89 bits per heavy atom. The van der Waals surface area contributed by atoms with E-state index < -0.39 is 0 Å². The first kappa shape index (κ1) is 18.2. The Bertz CT molecular complexity index is 987. The van der Waals surface area contributed by atoms with Crippen molar-refractivity contribution in [3.05, 3.63) is 60.0 Å². The fourth-order valence-corrected chi connectivity index (χ4v) is 3.68. The molecule has 4 rings (SSSR count). The highest BCUT2D eigenvalue weighted by atomic mass is 16.3. The molecule has 2 N–H and O–H groups in total. The van der Waals surface area contributed by atoms with Crippen molar-refractivity contribution >= 4 is 17.3 Å². The van der Waals surface area contributed by atoms with Crippen LogP contribution in [0.3, 0.4) is 0 Å². The molecule has 0 spiro atoms. The Labute approximate surface area is 164 Å². The molecule has 7 heteroatoms. The molecule has 1 fully saturated rings. The van der Waals surface area contributed by atoms with Crippen LogP contribution >= 0.6 is 0 Å². The zero-order valence-corrected chi connectivity index (χ0v) is 16.3. The molecule has 28 heavy (non-hydrogen) atoms. The lowest BCUT2D eigenvalue weighted by atomic mass is 10.2. The minimum Gasteiger partial charge on any atom is -0.506 e. The van der Waals surface area contributed by atoms with Crippen LogP contribution in [0, 0.1) is 6.92 Å². The zero-order chi connectivity index (χ0) is 19.5. The summed E-state index contributed by atoms with van der Waals surface area (Å²) in [6.45, 7) is 6.08. The van der Waals surface area contributed by atoms with Crippen LogP contribution in [0.5, 0.6) is 5.75 Å². The van der Waals surface area contributed by atoms with Crippen LogP contribution in [-0.2, 0) is 6.54 Å². The molecule has 0 amide bonds. The van der Waals surface area contributed by atoms with Crippen LogP contribution in [-0.4, -0.2) is 58.6 Å². The van der Waals surface area contributed by atoms with Gasteiger partial charge in [-0.2, -0.15) is 0 Å². The summed E-state index contributed by atoms with van der Waals surface area (Å²) in [7, 11) is 1.81. The minimum atomic E-state index is 0.334. The Hall–Kier alpha value is -3.22. The van der Waals surface area contributed by atoms with Gasteiger partial charge in [0.15, 0.2) is 5.96 Å². The van der Waals surface area contributed by atoms with Gasteiger partial charge in [0.1, 0.15) is 11.4 Å². The van der Waals surface area contributed by atoms with Crippen LogP contribution in [0.15, 0.2) is 53.7 Å². The number of nitrogens with zero attached hydrogens (tertiary/aromatic N) is 5. The number of nitrogens with one attached hydrogen (secondary N) is 1. The smallest absolute Gasteiger partial charge is 0.194 e. The second-order valence-corrected chi connectivity index (χ2v) is 6.99. The molecule has 1 aromatic carbocycles. The summed E-state index contributed by atoms with van der Waals surface area (Å²) in [6, 6.07) is 13.6. The van der Waals surface area contributed by atoms with Crippen molar-refractivity contribution in [1.82, 2.24) is 19.6 Å². The Morgan fingerprint density at radius 3 is 2.61 bits per heavy atom. The molecule has 0 saturated carbocycles. The van der Waals surface area contributed by atoms with Gasteiger partial charge in [-0.1, -0.05) is 18.2 Å². The maximum absolute atomic E-state index is 10.1. The normalized spacial score (nSPS) is 15.3. The zero-order valence-electron chi connectivity index (χ0n) is 16.3. The molecule has 0 unspecified atom stereocenters. The quantitative estimate of drug-likeness (QED) is 0.540. The van der Waals surface area contributed by atoms with E-state index in [1.165, 1.54) is 5.69 Å². The molecule has 0 bridgehead atoms. The Balaban J connectivity index is 1.37. The number of aryl methyl sites for hydroxylation is 1. The van der Waals surface area contributed by atoms with Gasteiger partial charge in [0, 0.05) is 45.1 Å². The average molecular weight is 378 g/mol. The van der Waals surface area contributed by atoms with Gasteiger partial charge in [-0.25, -0.2) is 4.98 Å². The summed E-state index contributed by atoms with van der Waals surface area (Å²) in [5.74, 6) is 1.21. The SMILES string of the molecule is CN=C(NCc1cn2c(C)cccc2n1)N1CCN(c2ccccc2O)CC1. The number of rotatable bonds is 3. The summed E-state index contributed by atoms with van der Waals surface area (Å²) in [5, 5.41) is 13.5. The molecule has 7 nitrogen and oxygen atoms in total. The van der Waals surface area contributed by atoms with Gasteiger partial charge in [0.2, 0.25) is 0 Å². The lowest BCUT2D eigenvalue weighted by Crippen LogP contribution is -2.52. The van der Waals surface area contributed by atoms with E-state index in [1.54, 1.807) is 6.07 Å². The second kappa shape index (κ2) is 7.80. The molecule has 1 aliphatic rings. The first-order chi connectivity index (χ1) is 13.7. The number of phenols is 1. The number of para-hydroxylation sites is 2. The second-order valence-electron chi connectivity index (χ2n) is 6.99. The molecule has 0 radical (unpaired) electrons. The van der Waals surface area contributed by atoms with Crippen LogP contribution in [0.2, 0.25) is 0 Å². The maximum atomic E-state index is 10.1. The monoisotopic (exact) mass is 378 g/mol. The first-order valence-electron chi connectivity index (χ1n) is 9.58. The molecule has 0 atom stereocenters. The lowest BCUT2D eigenvalue weighted by molar-refractivity contribution is 0.369. The molecule has 1 saturated heterocycles. The van der Waals surface area contributed by atoms with Gasteiger partial charge >= 0.3 is 0 Å². The number of guanidine groups is 1. The van der Waals surface area contributed by atoms with Crippen molar-refractivity contribution in [2.24, 2.45) is 4.99 Å². The number of aromatic hydroxyl groups is 1. The number of aromatic nitrogens is 2. The van der Waals surface area contributed by atoms with Crippen molar-refractivity contribution in [2.75, 3.05) is 38.1 Å². The number of piperazine rings is 1. The van der Waals surface area contributed by atoms with Crippen LogP contribution in [0.4, 0.5) is 5.69 Å². The highest BCUT2D eigenvalue weighted by Gasteiger charge is 2.21. The fourth-order valence-electron chi connectivity index (χ4n) is 3.68. The van der Waals surface area contributed by atoms with Gasteiger partial charge in [-0.05, 0) is 31.2 Å². The number of aliphatic imine (C=N–C) groups is 1. The molecular weight excluding hydrogens is 352 g/mol. The Morgan fingerprint density at radius 1 is 1.11 bits per heavy atom. The maximum Gasteiger partial charge on any atom is 0.194 e. The lowest BCUT2D eigenvalue weighted by Gasteiger charge is -2.37. The number of imidazole rings is 1. The highest BCUT2D eigenvalue weighted by Crippen LogP contribution is 2.27. The average Bonchev–Trinajstić information content (AvgIpc) is 3.14. The van der Waals surface area contributed by atoms with E-state index in [4.69, 9.17) is 0 Å². The number of phenolic OH excluding ortho intramolecular Hbond substituents is 1. The molecule has 0 aliphatic carbocycles. The number of hydrogen-bond donors (Lipinski definition) is 2. The molecule has 1 aliphatic heterocycles. The molecule has 3 heterocycles. The van der Waals surface area contributed by atoms with E-state index in [-0.39, 0.29) is 0 Å². The van der Waals surface area contributed by atoms with E-state index in [1.807, 2.05) is 37.4 Å². The third kappa shape index (κ3) is 3.60. The third-order valence-corrected chi connectivity index (χ3v) is 5.19. The van der Waals surface area contributed by atoms with E-state index in [2.05, 4.69) is 48.7 Å². The van der Waals surface area contributed by atoms with Gasteiger partial charge < -0.3 is 24.6 Å². The van der Waals surface area contributed by atoms with Gasteiger partial charge in [0.05, 0.1) is 17.9 Å². The van der Waals surface area contributed by atoms with Crippen LogP contribution in [0.1, 0.15) is 11.4 Å². The molecule has 3 aromatic rings. The first-order valence-corrected chi connectivity index (χ1v) is 9.58. The fraction of sp³-hybridized carbons (Fsp3) is 0.333. The van der Waals surface area contributed by atoms with E-state index >= 15 is 0 Å². The molecule has 2 aromatic heterocycles. The van der Waals surface area contributed by atoms with E-state index in [0.29, 0.717) is 12.3 Å². The van der Waals surface area contributed by atoms with Crippen LogP contribution in [0.25, 0.3) is 5.65 Å². The number of anilines is 1. The van der Waals surface area contributed by atoms with Crippen molar-refractivity contribution in [1.29, 1.82) is 0 Å². The molecular formula is C21H26N6O. The van der Waals surface area contributed by atoms with Crippen LogP contribution < -0.4 is 10.2 Å². The number of pyridine rings is 1. The number of fused-ring (bicyclic) bond motifs is 1. The van der Waals surface area contributed by atoms with Gasteiger partial charge in [-0.3, -0.25) is 4.99 Å². The predicted octanol–water partition coefficient (Wildman–Crippen LogP) is 2.25.